The van der Waals surface area contributed by atoms with Crippen molar-refractivity contribution < 1.29 is 4.79 Å². The Balaban J connectivity index is 1.54. The molecule has 27 heavy (non-hydrogen) atoms. The Hall–Kier alpha value is -3.87. The lowest BCUT2D eigenvalue weighted by atomic mass is 10.2. The average Bonchev–Trinajstić information content (AvgIpc) is 2.70. The molecule has 0 spiro atoms. The Morgan fingerprint density at radius 3 is 2.70 bits per heavy atom. The van der Waals surface area contributed by atoms with Crippen molar-refractivity contribution in [1.82, 2.24) is 19.7 Å². The van der Waals surface area contributed by atoms with Crippen LogP contribution in [0.1, 0.15) is 0 Å². The van der Waals surface area contributed by atoms with Gasteiger partial charge in [0.05, 0.1) is 11.2 Å². The molecule has 7 heteroatoms. The summed E-state index contributed by atoms with van der Waals surface area (Å²) in [6, 6.07) is 15.8. The number of nitrogens with one attached hydrogen (secondary N) is 1. The Kier molecular flexibility index (Phi) is 4.40. The number of amides is 1. The lowest BCUT2D eigenvalue weighted by Gasteiger charge is -2.09. The summed E-state index contributed by atoms with van der Waals surface area (Å²) in [5.41, 5.74) is 2.56. The smallest absolute Gasteiger partial charge is 0.267 e. The molecule has 0 saturated carbocycles. The number of anilines is 1. The second-order valence-electron chi connectivity index (χ2n) is 5.91. The number of carbonyl (C=O) groups excluding carboxylic acids is 1. The fraction of sp³-hybridized carbons (Fsp3) is 0.0500. The molecule has 1 N–H and O–H groups in total. The zero-order valence-electron chi connectivity index (χ0n) is 14.2. The van der Waals surface area contributed by atoms with E-state index in [4.69, 9.17) is 0 Å². The number of benzene rings is 1. The predicted molar refractivity (Wildman–Crippen MR) is 102 cm³/mol. The van der Waals surface area contributed by atoms with Crippen LogP contribution in [-0.4, -0.2) is 25.7 Å². The van der Waals surface area contributed by atoms with Crippen molar-refractivity contribution in [2.24, 2.45) is 0 Å². The highest BCUT2D eigenvalue weighted by Gasteiger charge is 2.09. The van der Waals surface area contributed by atoms with Gasteiger partial charge >= 0.3 is 0 Å². The van der Waals surface area contributed by atoms with Crippen LogP contribution in [0.4, 0.5) is 5.69 Å². The highest BCUT2D eigenvalue weighted by Crippen LogP contribution is 2.17. The minimum Gasteiger partial charge on any atom is -0.324 e. The third kappa shape index (κ3) is 3.72. The van der Waals surface area contributed by atoms with Gasteiger partial charge in [0.1, 0.15) is 6.54 Å². The minimum atomic E-state index is -0.342. The van der Waals surface area contributed by atoms with Crippen LogP contribution in [-0.2, 0) is 11.3 Å². The number of nitrogens with zero attached hydrogens (tertiary/aromatic N) is 4. The molecule has 132 valence electrons. The summed E-state index contributed by atoms with van der Waals surface area (Å²) >= 11 is 0. The number of pyridine rings is 2. The van der Waals surface area contributed by atoms with Crippen LogP contribution < -0.4 is 10.9 Å². The number of hydrogen-bond acceptors (Lipinski definition) is 5. The van der Waals surface area contributed by atoms with E-state index < -0.39 is 0 Å². The summed E-state index contributed by atoms with van der Waals surface area (Å²) in [5, 5.41) is 7.99. The summed E-state index contributed by atoms with van der Waals surface area (Å²) in [7, 11) is 0. The van der Waals surface area contributed by atoms with Crippen molar-refractivity contribution in [3.05, 3.63) is 83.5 Å². The maximum absolute atomic E-state index is 12.4. The molecule has 1 amide bonds. The first kappa shape index (κ1) is 16.6. The lowest BCUT2D eigenvalue weighted by molar-refractivity contribution is -0.117. The molecule has 3 aromatic heterocycles. The third-order valence-electron chi connectivity index (χ3n) is 4.02. The molecule has 0 saturated heterocycles. The van der Waals surface area contributed by atoms with Gasteiger partial charge in [-0.05, 0) is 42.5 Å². The monoisotopic (exact) mass is 357 g/mol. The number of aromatic nitrogens is 4. The molecule has 0 aliphatic heterocycles. The largest absolute Gasteiger partial charge is 0.324 e. The normalized spacial score (nSPS) is 10.7. The first-order valence-electron chi connectivity index (χ1n) is 8.32. The fourth-order valence-corrected chi connectivity index (χ4v) is 2.73. The lowest BCUT2D eigenvalue weighted by Crippen LogP contribution is -2.29. The van der Waals surface area contributed by atoms with E-state index in [-0.39, 0.29) is 18.0 Å². The number of rotatable bonds is 4. The molecular formula is C20H15N5O2. The van der Waals surface area contributed by atoms with Gasteiger partial charge in [0.15, 0.2) is 0 Å². The molecule has 0 radical (unpaired) electrons. The quantitative estimate of drug-likeness (QED) is 0.606. The van der Waals surface area contributed by atoms with Gasteiger partial charge in [-0.15, -0.1) is 0 Å². The van der Waals surface area contributed by atoms with Crippen molar-refractivity contribution in [3.63, 3.8) is 0 Å². The second-order valence-corrected chi connectivity index (χ2v) is 5.91. The molecule has 1 aromatic carbocycles. The molecular weight excluding hydrogens is 342 g/mol. The van der Waals surface area contributed by atoms with Crippen LogP contribution >= 0.6 is 0 Å². The second kappa shape index (κ2) is 7.17. The van der Waals surface area contributed by atoms with Crippen LogP contribution in [0.15, 0.2) is 78.0 Å². The van der Waals surface area contributed by atoms with Crippen molar-refractivity contribution in [2.45, 2.75) is 6.54 Å². The Labute approximate surface area is 154 Å². The van der Waals surface area contributed by atoms with Crippen molar-refractivity contribution >= 4 is 22.5 Å². The van der Waals surface area contributed by atoms with Gasteiger partial charge in [-0.1, -0.05) is 6.07 Å². The fourth-order valence-electron chi connectivity index (χ4n) is 2.73. The molecule has 7 nitrogen and oxygen atoms in total. The van der Waals surface area contributed by atoms with E-state index in [9.17, 15) is 9.59 Å². The van der Waals surface area contributed by atoms with Gasteiger partial charge < -0.3 is 5.32 Å². The first-order chi connectivity index (χ1) is 13.2. The Morgan fingerprint density at radius 1 is 1.00 bits per heavy atom. The van der Waals surface area contributed by atoms with Crippen LogP contribution in [0.2, 0.25) is 0 Å². The molecule has 3 heterocycles. The number of carbonyl (C=O) groups is 1. The SMILES string of the molecule is O=C(Cn1nc(-c2ccncc2)ccc1=O)Nc1ccc2ncccc2c1. The molecule has 0 fully saturated rings. The van der Waals surface area contributed by atoms with E-state index in [0.29, 0.717) is 11.4 Å². The molecule has 0 unspecified atom stereocenters. The molecule has 4 rings (SSSR count). The predicted octanol–water partition coefficient (Wildman–Crippen LogP) is 2.49. The minimum absolute atomic E-state index is 0.178. The van der Waals surface area contributed by atoms with Gasteiger partial charge in [-0.2, -0.15) is 5.10 Å². The van der Waals surface area contributed by atoms with Gasteiger partial charge in [0, 0.05) is 41.3 Å². The van der Waals surface area contributed by atoms with Crippen LogP contribution in [0.25, 0.3) is 22.2 Å². The zero-order valence-corrected chi connectivity index (χ0v) is 14.2. The standard InChI is InChI=1S/C20H15N5O2/c26-19(23-16-3-4-17-15(12-16)2-1-9-22-17)13-25-20(27)6-5-18(24-25)14-7-10-21-11-8-14/h1-12H,13H2,(H,23,26). The van der Waals surface area contributed by atoms with Crippen molar-refractivity contribution in [1.29, 1.82) is 0 Å². The van der Waals surface area contributed by atoms with Crippen molar-refractivity contribution in [2.75, 3.05) is 5.32 Å². The molecule has 0 aliphatic carbocycles. The van der Waals surface area contributed by atoms with E-state index in [1.54, 1.807) is 42.9 Å². The van der Waals surface area contributed by atoms with Crippen LogP contribution in [0.5, 0.6) is 0 Å². The van der Waals surface area contributed by atoms with Gasteiger partial charge in [0.25, 0.3) is 5.56 Å². The topological polar surface area (TPSA) is 89.8 Å². The third-order valence-corrected chi connectivity index (χ3v) is 4.02. The van der Waals surface area contributed by atoms with E-state index >= 15 is 0 Å². The first-order valence-corrected chi connectivity index (χ1v) is 8.32. The van der Waals surface area contributed by atoms with E-state index in [2.05, 4.69) is 20.4 Å². The molecule has 0 atom stereocenters. The highest BCUT2D eigenvalue weighted by atomic mass is 16.2. The maximum atomic E-state index is 12.4. The van der Waals surface area contributed by atoms with Gasteiger partial charge in [-0.3, -0.25) is 19.6 Å². The highest BCUT2D eigenvalue weighted by molar-refractivity contribution is 5.93. The summed E-state index contributed by atoms with van der Waals surface area (Å²) < 4.78 is 1.15. The summed E-state index contributed by atoms with van der Waals surface area (Å²) in [6.07, 6.45) is 5.01. The van der Waals surface area contributed by atoms with E-state index in [1.165, 1.54) is 6.07 Å². The van der Waals surface area contributed by atoms with Gasteiger partial charge in [-0.25, -0.2) is 4.68 Å². The van der Waals surface area contributed by atoms with Gasteiger partial charge in [0.2, 0.25) is 5.91 Å². The summed E-state index contributed by atoms with van der Waals surface area (Å²) in [4.78, 5) is 32.7. The van der Waals surface area contributed by atoms with Crippen LogP contribution in [0.3, 0.4) is 0 Å². The summed E-state index contributed by atoms with van der Waals surface area (Å²) in [6.45, 7) is -0.178. The maximum Gasteiger partial charge on any atom is 0.267 e. The summed E-state index contributed by atoms with van der Waals surface area (Å²) in [5.74, 6) is -0.334. The Morgan fingerprint density at radius 2 is 1.85 bits per heavy atom. The Bertz CT molecular complexity index is 1170. The van der Waals surface area contributed by atoms with Crippen LogP contribution in [0, 0.1) is 0 Å². The molecule has 0 bridgehead atoms. The van der Waals surface area contributed by atoms with E-state index in [0.717, 1.165) is 21.1 Å². The molecule has 0 aliphatic rings. The zero-order chi connectivity index (χ0) is 18.6. The van der Waals surface area contributed by atoms with Crippen molar-refractivity contribution in [3.8, 4) is 11.3 Å². The number of hydrogen-bond donors (Lipinski definition) is 1. The average molecular weight is 357 g/mol. The number of fused-ring (bicyclic) bond motifs is 1. The van der Waals surface area contributed by atoms with E-state index in [1.807, 2.05) is 24.3 Å². The molecule has 4 aromatic rings.